The van der Waals surface area contributed by atoms with Crippen LogP contribution in [0.1, 0.15) is 35.7 Å². The van der Waals surface area contributed by atoms with Crippen molar-refractivity contribution < 1.29 is 14.8 Å². The van der Waals surface area contributed by atoms with Crippen molar-refractivity contribution in [3.63, 3.8) is 0 Å². The molecule has 0 saturated carbocycles. The van der Waals surface area contributed by atoms with E-state index >= 15 is 0 Å². The van der Waals surface area contributed by atoms with Crippen LogP contribution in [0.5, 0.6) is 0 Å². The molecule has 8 heteroatoms. The molecule has 0 fully saturated rings. The van der Waals surface area contributed by atoms with Crippen LogP contribution in [0, 0.1) is 10.1 Å². The summed E-state index contributed by atoms with van der Waals surface area (Å²) in [6, 6.07) is 12.5. The van der Waals surface area contributed by atoms with Gasteiger partial charge in [-0.15, -0.1) is 0 Å². The van der Waals surface area contributed by atoms with Gasteiger partial charge in [0.1, 0.15) is 5.56 Å². The van der Waals surface area contributed by atoms with Gasteiger partial charge in [-0.05, 0) is 24.6 Å². The van der Waals surface area contributed by atoms with Crippen LogP contribution in [0.3, 0.4) is 0 Å². The predicted octanol–water partition coefficient (Wildman–Crippen LogP) is 3.81. The fraction of sp³-hybridized carbons (Fsp3) is 0.222. The SMILES string of the molecule is CCC1=NN(C(=O)c2ccccc2[N+](=O)[O-])[C@@](O)(c2ccc(Br)cc2)C1. The van der Waals surface area contributed by atoms with Crippen LogP contribution in [0.4, 0.5) is 5.69 Å². The number of hydrazone groups is 1. The van der Waals surface area contributed by atoms with Crippen molar-refractivity contribution in [2.24, 2.45) is 5.10 Å². The molecule has 2 aromatic rings. The first-order valence-corrected chi connectivity index (χ1v) is 8.79. The zero-order chi connectivity index (χ0) is 18.9. The fourth-order valence-electron chi connectivity index (χ4n) is 2.90. The van der Waals surface area contributed by atoms with E-state index in [9.17, 15) is 20.0 Å². The number of nitro benzene ring substituents is 1. The number of halogens is 1. The lowest BCUT2D eigenvalue weighted by atomic mass is 9.96. The molecule has 1 amide bonds. The summed E-state index contributed by atoms with van der Waals surface area (Å²) in [5, 5.41) is 27.8. The maximum Gasteiger partial charge on any atom is 0.283 e. The van der Waals surface area contributed by atoms with Gasteiger partial charge in [-0.25, -0.2) is 0 Å². The highest BCUT2D eigenvalue weighted by atomic mass is 79.9. The summed E-state index contributed by atoms with van der Waals surface area (Å²) in [7, 11) is 0. The minimum Gasteiger partial charge on any atom is -0.365 e. The van der Waals surface area contributed by atoms with Crippen LogP contribution in [-0.4, -0.2) is 26.7 Å². The molecule has 1 aliphatic rings. The highest BCUT2D eigenvalue weighted by molar-refractivity contribution is 9.10. The highest BCUT2D eigenvalue weighted by Gasteiger charge is 2.46. The Morgan fingerprint density at radius 3 is 2.58 bits per heavy atom. The second kappa shape index (κ2) is 6.97. The highest BCUT2D eigenvalue weighted by Crippen LogP contribution is 2.38. The Hall–Kier alpha value is -2.58. The lowest BCUT2D eigenvalue weighted by Crippen LogP contribution is -2.43. The number of aliphatic hydroxyl groups is 1. The van der Waals surface area contributed by atoms with E-state index in [4.69, 9.17) is 0 Å². The molecule has 3 rings (SSSR count). The van der Waals surface area contributed by atoms with Crippen LogP contribution in [0.25, 0.3) is 0 Å². The molecule has 0 aliphatic carbocycles. The third-order valence-corrected chi connectivity index (χ3v) is 4.81. The Morgan fingerprint density at radius 2 is 1.96 bits per heavy atom. The predicted molar refractivity (Wildman–Crippen MR) is 99.6 cm³/mol. The summed E-state index contributed by atoms with van der Waals surface area (Å²) < 4.78 is 0.830. The van der Waals surface area contributed by atoms with Crippen LogP contribution in [-0.2, 0) is 5.72 Å². The smallest absolute Gasteiger partial charge is 0.283 e. The number of hydrogen-bond donors (Lipinski definition) is 1. The maximum absolute atomic E-state index is 13.0. The molecule has 7 nitrogen and oxygen atoms in total. The molecule has 0 spiro atoms. The van der Waals surface area contributed by atoms with Crippen molar-refractivity contribution >= 4 is 33.2 Å². The van der Waals surface area contributed by atoms with Gasteiger partial charge in [0.15, 0.2) is 5.72 Å². The lowest BCUT2D eigenvalue weighted by Gasteiger charge is -2.31. The Labute approximate surface area is 158 Å². The molecule has 2 aromatic carbocycles. The summed E-state index contributed by atoms with van der Waals surface area (Å²) in [5.41, 5.74) is -1.00. The lowest BCUT2D eigenvalue weighted by molar-refractivity contribution is -0.385. The molecular weight excluding hydrogens is 402 g/mol. The third-order valence-electron chi connectivity index (χ3n) is 4.28. The van der Waals surface area contributed by atoms with Gasteiger partial charge in [0.2, 0.25) is 0 Å². The van der Waals surface area contributed by atoms with E-state index < -0.39 is 16.6 Å². The monoisotopic (exact) mass is 417 g/mol. The van der Waals surface area contributed by atoms with E-state index in [1.165, 1.54) is 18.2 Å². The number of rotatable bonds is 4. The number of para-hydroxylation sites is 1. The van der Waals surface area contributed by atoms with E-state index in [2.05, 4.69) is 21.0 Å². The molecule has 134 valence electrons. The average molecular weight is 418 g/mol. The number of nitro groups is 1. The van der Waals surface area contributed by atoms with Crippen LogP contribution in [0.15, 0.2) is 58.1 Å². The van der Waals surface area contributed by atoms with E-state index in [1.807, 2.05) is 6.92 Å². The summed E-state index contributed by atoms with van der Waals surface area (Å²) in [6.07, 6.45) is 0.705. The first-order valence-electron chi connectivity index (χ1n) is 7.99. The number of amides is 1. The van der Waals surface area contributed by atoms with Crippen molar-refractivity contribution in [1.29, 1.82) is 0 Å². The third kappa shape index (κ3) is 3.13. The number of nitrogens with zero attached hydrogens (tertiary/aromatic N) is 3. The minimum absolute atomic E-state index is 0.117. The summed E-state index contributed by atoms with van der Waals surface area (Å²) in [6.45, 7) is 1.87. The van der Waals surface area contributed by atoms with Crippen molar-refractivity contribution in [3.8, 4) is 0 Å². The molecule has 0 aromatic heterocycles. The summed E-state index contributed by atoms with van der Waals surface area (Å²) >= 11 is 3.34. The van der Waals surface area contributed by atoms with Crippen molar-refractivity contribution in [3.05, 3.63) is 74.2 Å². The van der Waals surface area contributed by atoms with E-state index in [1.54, 1.807) is 30.3 Å². The summed E-state index contributed by atoms with van der Waals surface area (Å²) in [4.78, 5) is 23.7. The van der Waals surface area contributed by atoms with E-state index in [0.29, 0.717) is 17.7 Å². The average Bonchev–Trinajstić information content (AvgIpc) is 2.99. The second-order valence-electron chi connectivity index (χ2n) is 5.91. The van der Waals surface area contributed by atoms with Gasteiger partial charge in [-0.3, -0.25) is 14.9 Å². The van der Waals surface area contributed by atoms with Gasteiger partial charge in [0.05, 0.1) is 4.92 Å². The quantitative estimate of drug-likeness (QED) is 0.603. The van der Waals surface area contributed by atoms with Gasteiger partial charge in [0.25, 0.3) is 11.6 Å². The van der Waals surface area contributed by atoms with Crippen LogP contribution < -0.4 is 0 Å². The molecule has 26 heavy (non-hydrogen) atoms. The molecular formula is C18H16BrN3O4. The fourth-order valence-corrected chi connectivity index (χ4v) is 3.16. The summed E-state index contributed by atoms with van der Waals surface area (Å²) in [5.74, 6) is -0.717. The van der Waals surface area contributed by atoms with Crippen molar-refractivity contribution in [1.82, 2.24) is 5.01 Å². The molecule has 1 atom stereocenters. The number of carbonyl (C=O) groups excluding carboxylic acids is 1. The van der Waals surface area contributed by atoms with Crippen molar-refractivity contribution in [2.75, 3.05) is 0 Å². The largest absolute Gasteiger partial charge is 0.365 e. The molecule has 1 heterocycles. The molecule has 1 aliphatic heterocycles. The van der Waals surface area contributed by atoms with Crippen LogP contribution >= 0.6 is 15.9 Å². The van der Waals surface area contributed by atoms with E-state index in [-0.39, 0.29) is 17.7 Å². The first kappa shape index (κ1) is 18.2. The molecule has 0 saturated heterocycles. The van der Waals surface area contributed by atoms with E-state index in [0.717, 1.165) is 9.48 Å². The second-order valence-corrected chi connectivity index (χ2v) is 6.83. The normalized spacial score (nSPS) is 19.3. The molecule has 0 radical (unpaired) electrons. The topological polar surface area (TPSA) is 96.0 Å². The van der Waals surface area contributed by atoms with Gasteiger partial charge >= 0.3 is 0 Å². The standard InChI is InChI=1S/C18H16BrN3O4/c1-2-14-11-18(24,12-7-9-13(19)10-8-12)21(20-14)17(23)15-5-3-4-6-16(15)22(25)26/h3-10,24H,2,11H2,1H3/t18-/m0/s1. The van der Waals surface area contributed by atoms with Gasteiger partial charge in [-0.2, -0.15) is 10.1 Å². The van der Waals surface area contributed by atoms with Gasteiger partial charge in [0, 0.05) is 28.2 Å². The zero-order valence-corrected chi connectivity index (χ0v) is 15.5. The Balaban J connectivity index is 2.08. The van der Waals surface area contributed by atoms with Gasteiger partial charge in [-0.1, -0.05) is 47.1 Å². The molecule has 0 bridgehead atoms. The Kier molecular flexibility index (Phi) is 4.88. The van der Waals surface area contributed by atoms with Crippen molar-refractivity contribution in [2.45, 2.75) is 25.5 Å². The maximum atomic E-state index is 13.0. The first-order chi connectivity index (χ1) is 12.4. The number of carbonyl (C=O) groups is 1. The Morgan fingerprint density at radius 1 is 1.31 bits per heavy atom. The molecule has 1 N–H and O–H groups in total. The number of hydrogen-bond acceptors (Lipinski definition) is 5. The molecule has 0 unspecified atom stereocenters. The zero-order valence-electron chi connectivity index (χ0n) is 13.9. The Bertz CT molecular complexity index is 898. The van der Waals surface area contributed by atoms with Gasteiger partial charge < -0.3 is 5.11 Å². The van der Waals surface area contributed by atoms with Crippen LogP contribution in [0.2, 0.25) is 0 Å². The minimum atomic E-state index is -1.69. The number of benzene rings is 2.